The molecular formula is C10H18BrCl. The smallest absolute Gasteiger partial charge is 0.0459 e. The minimum Gasteiger partial charge on any atom is -0.119 e. The second kappa shape index (κ2) is 3.49. The first-order chi connectivity index (χ1) is 5.40. The summed E-state index contributed by atoms with van der Waals surface area (Å²) in [5, 5.41) is 1.03. The quantitative estimate of drug-likeness (QED) is 0.614. The van der Waals surface area contributed by atoms with E-state index in [4.69, 9.17) is 11.6 Å². The van der Waals surface area contributed by atoms with Gasteiger partial charge in [-0.3, -0.25) is 0 Å². The lowest BCUT2D eigenvalue weighted by Gasteiger charge is -2.47. The van der Waals surface area contributed by atoms with E-state index in [9.17, 15) is 0 Å². The van der Waals surface area contributed by atoms with Gasteiger partial charge in [0.2, 0.25) is 0 Å². The first-order valence-electron chi connectivity index (χ1n) is 4.65. The maximum Gasteiger partial charge on any atom is 0.0459 e. The Kier molecular flexibility index (Phi) is 3.16. The van der Waals surface area contributed by atoms with Gasteiger partial charge in [-0.25, -0.2) is 0 Å². The van der Waals surface area contributed by atoms with Crippen LogP contribution in [0.1, 0.15) is 40.0 Å². The molecule has 1 rings (SSSR count). The summed E-state index contributed by atoms with van der Waals surface area (Å²) in [7, 11) is 0. The van der Waals surface area contributed by atoms with Crippen molar-refractivity contribution in [2.45, 2.75) is 44.9 Å². The molecule has 1 aliphatic rings. The molecule has 1 fully saturated rings. The van der Waals surface area contributed by atoms with Crippen molar-refractivity contribution in [3.05, 3.63) is 0 Å². The molecule has 0 nitrogen and oxygen atoms in total. The fourth-order valence-corrected chi connectivity index (χ4v) is 4.71. The molecule has 2 heteroatoms. The van der Waals surface area contributed by atoms with E-state index in [2.05, 4.69) is 36.7 Å². The fraction of sp³-hybridized carbons (Fsp3) is 1.00. The molecule has 0 aromatic carbocycles. The third kappa shape index (κ3) is 1.98. The van der Waals surface area contributed by atoms with Gasteiger partial charge in [0.25, 0.3) is 0 Å². The van der Waals surface area contributed by atoms with Gasteiger partial charge in [0, 0.05) is 10.2 Å². The zero-order chi connectivity index (χ0) is 9.41. The molecule has 1 saturated carbocycles. The van der Waals surface area contributed by atoms with Gasteiger partial charge in [-0.05, 0) is 31.1 Å². The van der Waals surface area contributed by atoms with Crippen LogP contribution < -0.4 is 0 Å². The number of hydrogen-bond donors (Lipinski definition) is 0. The van der Waals surface area contributed by atoms with Crippen molar-refractivity contribution in [1.82, 2.24) is 0 Å². The van der Waals surface area contributed by atoms with Gasteiger partial charge in [0.05, 0.1) is 0 Å². The average Bonchev–Trinajstić information content (AvgIpc) is 1.83. The van der Waals surface area contributed by atoms with Crippen molar-refractivity contribution >= 4 is 27.5 Å². The van der Waals surface area contributed by atoms with Crippen molar-refractivity contribution in [1.29, 1.82) is 0 Å². The van der Waals surface area contributed by atoms with E-state index in [0.29, 0.717) is 11.3 Å². The molecule has 0 amide bonds. The average molecular weight is 254 g/mol. The molecule has 2 atom stereocenters. The zero-order valence-corrected chi connectivity index (χ0v) is 10.5. The Morgan fingerprint density at radius 1 is 1.33 bits per heavy atom. The first kappa shape index (κ1) is 10.8. The summed E-state index contributed by atoms with van der Waals surface area (Å²) in [4.78, 5) is 0.00521. The van der Waals surface area contributed by atoms with E-state index >= 15 is 0 Å². The summed E-state index contributed by atoms with van der Waals surface area (Å²) in [5.74, 6) is 0.598. The lowest BCUT2D eigenvalue weighted by Crippen LogP contribution is -2.44. The molecule has 0 bridgehead atoms. The molecule has 0 aromatic heterocycles. The minimum absolute atomic E-state index is 0.00521. The third-order valence-corrected chi connectivity index (χ3v) is 4.41. The van der Waals surface area contributed by atoms with Crippen molar-refractivity contribution in [3.63, 3.8) is 0 Å². The van der Waals surface area contributed by atoms with Gasteiger partial charge in [-0.1, -0.05) is 36.2 Å². The Bertz CT molecular complexity index is 147. The van der Waals surface area contributed by atoms with Crippen LogP contribution in [0.25, 0.3) is 0 Å². The molecule has 12 heavy (non-hydrogen) atoms. The predicted molar refractivity (Wildman–Crippen MR) is 59.2 cm³/mol. The Labute approximate surface area is 89.2 Å². The molecule has 0 aromatic rings. The highest BCUT2D eigenvalue weighted by Crippen LogP contribution is 2.49. The Hall–Kier alpha value is 0.770. The van der Waals surface area contributed by atoms with Gasteiger partial charge in [0.1, 0.15) is 0 Å². The van der Waals surface area contributed by atoms with Crippen LogP contribution in [-0.4, -0.2) is 10.2 Å². The van der Waals surface area contributed by atoms with Crippen LogP contribution in [0.3, 0.4) is 0 Å². The summed E-state index contributed by atoms with van der Waals surface area (Å²) in [5.41, 5.74) is 0.401. The Morgan fingerprint density at radius 3 is 2.25 bits per heavy atom. The normalized spacial score (nSPS) is 41.2. The van der Waals surface area contributed by atoms with E-state index in [-0.39, 0.29) is 4.87 Å². The van der Waals surface area contributed by atoms with E-state index < -0.39 is 0 Å². The van der Waals surface area contributed by atoms with Crippen molar-refractivity contribution in [3.8, 4) is 0 Å². The Balaban J connectivity index is 2.81. The van der Waals surface area contributed by atoms with Gasteiger partial charge >= 0.3 is 0 Å². The van der Waals surface area contributed by atoms with E-state index in [0.717, 1.165) is 11.8 Å². The van der Waals surface area contributed by atoms with E-state index in [1.807, 2.05) is 0 Å². The highest BCUT2D eigenvalue weighted by Gasteiger charge is 2.44. The second-order valence-electron chi connectivity index (χ2n) is 4.83. The van der Waals surface area contributed by atoms with Gasteiger partial charge in [0.15, 0.2) is 0 Å². The Morgan fingerprint density at radius 2 is 1.92 bits per heavy atom. The number of alkyl halides is 2. The molecule has 0 saturated heterocycles. The molecule has 2 unspecified atom stereocenters. The molecule has 72 valence electrons. The summed E-state index contributed by atoms with van der Waals surface area (Å²) in [6.45, 7) is 6.85. The lowest BCUT2D eigenvalue weighted by atomic mass is 9.64. The van der Waals surface area contributed by atoms with Crippen LogP contribution in [-0.2, 0) is 0 Å². The number of hydrogen-bond acceptors (Lipinski definition) is 0. The maximum atomic E-state index is 6.49. The summed E-state index contributed by atoms with van der Waals surface area (Å²) < 4.78 is 0. The predicted octanol–water partition coefficient (Wildman–Crippen LogP) is 4.21. The van der Waals surface area contributed by atoms with E-state index in [1.54, 1.807) is 0 Å². The SMILES string of the molecule is CC1(C)CCCC(C)(Cl)C1CBr. The molecule has 1 aliphatic carbocycles. The molecule has 0 heterocycles. The maximum absolute atomic E-state index is 6.49. The summed E-state index contributed by atoms with van der Waals surface area (Å²) in [6.07, 6.45) is 3.75. The summed E-state index contributed by atoms with van der Waals surface area (Å²) >= 11 is 10.1. The number of rotatable bonds is 1. The topological polar surface area (TPSA) is 0 Å². The second-order valence-corrected chi connectivity index (χ2v) is 6.34. The highest BCUT2D eigenvalue weighted by molar-refractivity contribution is 9.09. The number of halogens is 2. The molecule has 0 spiro atoms. The molecule has 0 aliphatic heterocycles. The molecule has 0 radical (unpaired) electrons. The first-order valence-corrected chi connectivity index (χ1v) is 6.15. The van der Waals surface area contributed by atoms with Crippen LogP contribution in [0, 0.1) is 11.3 Å². The summed E-state index contributed by atoms with van der Waals surface area (Å²) in [6, 6.07) is 0. The minimum atomic E-state index is 0.00521. The molecular weight excluding hydrogens is 235 g/mol. The largest absolute Gasteiger partial charge is 0.119 e. The van der Waals surface area contributed by atoms with E-state index in [1.165, 1.54) is 12.8 Å². The van der Waals surface area contributed by atoms with Crippen LogP contribution in [0.5, 0.6) is 0 Å². The fourth-order valence-electron chi connectivity index (χ4n) is 2.42. The van der Waals surface area contributed by atoms with Crippen molar-refractivity contribution in [2.24, 2.45) is 11.3 Å². The third-order valence-electron chi connectivity index (χ3n) is 3.31. The van der Waals surface area contributed by atoms with Crippen molar-refractivity contribution in [2.75, 3.05) is 5.33 Å². The van der Waals surface area contributed by atoms with Crippen LogP contribution in [0.4, 0.5) is 0 Å². The molecule has 0 N–H and O–H groups in total. The van der Waals surface area contributed by atoms with Gasteiger partial charge in [-0.2, -0.15) is 0 Å². The lowest BCUT2D eigenvalue weighted by molar-refractivity contribution is 0.121. The van der Waals surface area contributed by atoms with Crippen molar-refractivity contribution < 1.29 is 0 Å². The standard InChI is InChI=1S/C10H18BrCl/c1-9(2)5-4-6-10(3,12)8(9)7-11/h8H,4-7H2,1-3H3. The van der Waals surface area contributed by atoms with Crippen LogP contribution in [0.15, 0.2) is 0 Å². The van der Waals surface area contributed by atoms with Gasteiger partial charge in [-0.15, -0.1) is 11.6 Å². The zero-order valence-electron chi connectivity index (χ0n) is 8.16. The monoisotopic (exact) mass is 252 g/mol. The van der Waals surface area contributed by atoms with Crippen LogP contribution in [0.2, 0.25) is 0 Å². The highest BCUT2D eigenvalue weighted by atomic mass is 79.9. The van der Waals surface area contributed by atoms with Crippen LogP contribution >= 0.6 is 27.5 Å². The van der Waals surface area contributed by atoms with Gasteiger partial charge < -0.3 is 0 Å².